The molecule has 2 unspecified atom stereocenters. The fourth-order valence-electron chi connectivity index (χ4n) is 4.30. The summed E-state index contributed by atoms with van der Waals surface area (Å²) in [5.41, 5.74) is 1.79. The summed E-state index contributed by atoms with van der Waals surface area (Å²) in [6.07, 6.45) is -3.46. The number of Topliss-reactive ketones (excluding diaryl/α,β-unsaturated/α-hetero) is 2. The molecule has 0 N–H and O–H groups in total. The van der Waals surface area contributed by atoms with Gasteiger partial charge in [-0.2, -0.15) is 5.10 Å². The molecule has 0 aliphatic carbocycles. The summed E-state index contributed by atoms with van der Waals surface area (Å²) in [7, 11) is 0. The van der Waals surface area contributed by atoms with E-state index in [2.05, 4.69) is 30.5 Å². The quantitative estimate of drug-likeness (QED) is 0.198. The van der Waals surface area contributed by atoms with Crippen molar-refractivity contribution in [2.24, 2.45) is 5.92 Å². The number of benzene rings is 2. The Morgan fingerprint density at radius 3 is 2.28 bits per heavy atom. The van der Waals surface area contributed by atoms with E-state index < -0.39 is 41.5 Å². The minimum atomic E-state index is -4.91. The first kappa shape index (κ1) is 25.6. The van der Waals surface area contributed by atoms with Gasteiger partial charge in [0.15, 0.2) is 11.6 Å². The largest absolute Gasteiger partial charge is 0.573 e. The number of ketones is 2. The number of hydrogen-bond acceptors (Lipinski definition) is 9. The number of carbonyl (C=O) groups excluding carboxylic acids is 3. The molecule has 2 atom stereocenters. The highest BCUT2D eigenvalue weighted by atomic mass is 19.4. The molecule has 1 amide bonds. The predicted octanol–water partition coefficient (Wildman–Crippen LogP) is 2.87. The van der Waals surface area contributed by atoms with E-state index in [9.17, 15) is 27.6 Å². The molecule has 1 aliphatic rings. The molecule has 3 heterocycles. The Kier molecular flexibility index (Phi) is 6.60. The standard InChI is InChI=1S/C25H18F3N7O4/c1-14-2-11-19(31-30-14)35-21(16-5-3-15(4-6-16)12-34-13-29-32-33-34)20(23(37)24(35)38)22(36)17-7-9-18(10-8-17)39-25(26,27)28/h2-11,13,20-21H,12H2,1H3. The number of amides is 1. The highest BCUT2D eigenvalue weighted by Crippen LogP contribution is 2.40. The first-order valence-electron chi connectivity index (χ1n) is 11.5. The third-order valence-electron chi connectivity index (χ3n) is 6.05. The molecule has 4 aromatic rings. The second kappa shape index (κ2) is 10.0. The van der Waals surface area contributed by atoms with E-state index in [4.69, 9.17) is 0 Å². The van der Waals surface area contributed by atoms with Crippen molar-refractivity contribution >= 4 is 23.3 Å². The van der Waals surface area contributed by atoms with Crippen LogP contribution in [-0.4, -0.2) is 54.2 Å². The fraction of sp³-hybridized carbons (Fsp3) is 0.200. The lowest BCUT2D eigenvalue weighted by atomic mass is 9.86. The molecule has 0 saturated carbocycles. The lowest BCUT2D eigenvalue weighted by molar-refractivity contribution is -0.274. The molecule has 198 valence electrons. The van der Waals surface area contributed by atoms with Gasteiger partial charge in [-0.05, 0) is 64.9 Å². The molecule has 0 spiro atoms. The lowest BCUT2D eigenvalue weighted by Gasteiger charge is -2.26. The van der Waals surface area contributed by atoms with Crippen molar-refractivity contribution in [3.05, 3.63) is 89.4 Å². The number of ether oxygens (including phenoxy) is 1. The fourth-order valence-corrected chi connectivity index (χ4v) is 4.30. The van der Waals surface area contributed by atoms with Crippen LogP contribution in [0.3, 0.4) is 0 Å². The predicted molar refractivity (Wildman–Crippen MR) is 126 cm³/mol. The van der Waals surface area contributed by atoms with Crippen molar-refractivity contribution in [2.75, 3.05) is 4.90 Å². The van der Waals surface area contributed by atoms with E-state index in [1.165, 1.54) is 17.1 Å². The van der Waals surface area contributed by atoms with Gasteiger partial charge in [-0.15, -0.1) is 23.4 Å². The number of tetrazole rings is 1. The number of anilines is 1. The third kappa shape index (κ3) is 5.35. The number of alkyl halides is 3. The van der Waals surface area contributed by atoms with E-state index in [1.807, 2.05) is 0 Å². The van der Waals surface area contributed by atoms with E-state index in [0.717, 1.165) is 34.7 Å². The van der Waals surface area contributed by atoms with Crippen molar-refractivity contribution in [3.63, 3.8) is 0 Å². The molecule has 0 bridgehead atoms. The topological polar surface area (TPSA) is 133 Å². The molecule has 39 heavy (non-hydrogen) atoms. The van der Waals surface area contributed by atoms with Crippen LogP contribution in [0.25, 0.3) is 0 Å². The summed E-state index contributed by atoms with van der Waals surface area (Å²) in [5.74, 6) is -4.60. The molecule has 5 rings (SSSR count). The average molecular weight is 537 g/mol. The summed E-state index contributed by atoms with van der Waals surface area (Å²) in [4.78, 5) is 41.1. The summed E-state index contributed by atoms with van der Waals surface area (Å²) >= 11 is 0. The minimum Gasteiger partial charge on any atom is -0.406 e. The van der Waals surface area contributed by atoms with Crippen molar-refractivity contribution in [1.82, 2.24) is 30.4 Å². The number of rotatable bonds is 7. The first-order valence-corrected chi connectivity index (χ1v) is 11.5. The van der Waals surface area contributed by atoms with Gasteiger partial charge in [0.2, 0.25) is 5.78 Å². The minimum absolute atomic E-state index is 0.0622. The Balaban J connectivity index is 1.51. The molecule has 14 heteroatoms. The SMILES string of the molecule is Cc1ccc(N2C(=O)C(=O)C(C(=O)c3ccc(OC(F)(F)F)cc3)C2c2ccc(Cn3cnnn3)cc2)nn1. The Morgan fingerprint density at radius 1 is 0.974 bits per heavy atom. The highest BCUT2D eigenvalue weighted by molar-refractivity contribution is 6.48. The molecule has 2 aromatic carbocycles. The summed E-state index contributed by atoms with van der Waals surface area (Å²) in [6.45, 7) is 2.06. The molecule has 1 fully saturated rings. The summed E-state index contributed by atoms with van der Waals surface area (Å²) < 4.78 is 43.0. The van der Waals surface area contributed by atoms with Crippen molar-refractivity contribution in [1.29, 1.82) is 0 Å². The van der Waals surface area contributed by atoms with Gasteiger partial charge < -0.3 is 4.74 Å². The summed E-state index contributed by atoms with van der Waals surface area (Å²) in [6, 6.07) is 13.0. The number of carbonyl (C=O) groups is 3. The van der Waals surface area contributed by atoms with Gasteiger partial charge in [-0.25, -0.2) is 4.68 Å². The van der Waals surface area contributed by atoms with Crippen LogP contribution in [-0.2, 0) is 16.1 Å². The van der Waals surface area contributed by atoms with Crippen LogP contribution in [0.1, 0.15) is 33.2 Å². The Hall–Kier alpha value is -5.01. The van der Waals surface area contributed by atoms with Gasteiger partial charge in [0.25, 0.3) is 5.91 Å². The second-order valence-electron chi connectivity index (χ2n) is 8.68. The maximum Gasteiger partial charge on any atom is 0.573 e. The van der Waals surface area contributed by atoms with Gasteiger partial charge in [-0.1, -0.05) is 24.3 Å². The van der Waals surface area contributed by atoms with Crippen LogP contribution in [0.15, 0.2) is 67.0 Å². The molecule has 2 aromatic heterocycles. The Labute approximate surface area is 218 Å². The van der Waals surface area contributed by atoms with Crippen molar-refractivity contribution < 1.29 is 32.3 Å². The number of hydrogen-bond donors (Lipinski definition) is 0. The van der Waals surface area contributed by atoms with E-state index in [-0.39, 0.29) is 11.4 Å². The zero-order valence-electron chi connectivity index (χ0n) is 20.1. The molecule has 1 saturated heterocycles. The number of nitrogens with zero attached hydrogens (tertiary/aromatic N) is 7. The molecule has 11 nitrogen and oxygen atoms in total. The van der Waals surface area contributed by atoms with E-state index in [1.54, 1.807) is 37.3 Å². The van der Waals surface area contributed by atoms with Crippen LogP contribution in [0.2, 0.25) is 0 Å². The van der Waals surface area contributed by atoms with Crippen LogP contribution < -0.4 is 9.64 Å². The van der Waals surface area contributed by atoms with Crippen LogP contribution in [0.5, 0.6) is 5.75 Å². The Bertz CT molecular complexity index is 1510. The first-order chi connectivity index (χ1) is 18.6. The maximum absolute atomic E-state index is 13.6. The highest BCUT2D eigenvalue weighted by Gasteiger charge is 2.53. The monoisotopic (exact) mass is 537 g/mol. The Morgan fingerprint density at radius 2 is 1.69 bits per heavy atom. The smallest absolute Gasteiger partial charge is 0.406 e. The average Bonchev–Trinajstić information content (AvgIpc) is 3.50. The normalized spacial score (nSPS) is 17.5. The van der Waals surface area contributed by atoms with E-state index in [0.29, 0.717) is 17.8 Å². The van der Waals surface area contributed by atoms with Gasteiger partial charge in [0, 0.05) is 5.56 Å². The van der Waals surface area contributed by atoms with Crippen molar-refractivity contribution in [2.45, 2.75) is 25.9 Å². The lowest BCUT2D eigenvalue weighted by Crippen LogP contribution is -2.31. The van der Waals surface area contributed by atoms with Gasteiger partial charge in [0.05, 0.1) is 18.3 Å². The van der Waals surface area contributed by atoms with Gasteiger partial charge >= 0.3 is 6.36 Å². The van der Waals surface area contributed by atoms with Gasteiger partial charge in [-0.3, -0.25) is 19.3 Å². The molecular weight excluding hydrogens is 519 g/mol. The summed E-state index contributed by atoms with van der Waals surface area (Å²) in [5, 5.41) is 19.0. The second-order valence-corrected chi connectivity index (χ2v) is 8.68. The number of halogens is 3. The van der Waals surface area contributed by atoms with Crippen LogP contribution >= 0.6 is 0 Å². The number of aryl methyl sites for hydroxylation is 1. The van der Waals surface area contributed by atoms with Gasteiger partial charge in [0.1, 0.15) is 18.0 Å². The van der Waals surface area contributed by atoms with E-state index >= 15 is 0 Å². The maximum atomic E-state index is 13.6. The number of aromatic nitrogens is 6. The van der Waals surface area contributed by atoms with Crippen molar-refractivity contribution in [3.8, 4) is 5.75 Å². The zero-order chi connectivity index (χ0) is 27.7. The zero-order valence-corrected chi connectivity index (χ0v) is 20.1. The molecule has 1 aliphatic heterocycles. The van der Waals surface area contributed by atoms with Crippen LogP contribution in [0.4, 0.5) is 19.0 Å². The van der Waals surface area contributed by atoms with Crippen LogP contribution in [0, 0.1) is 12.8 Å². The molecule has 0 radical (unpaired) electrons. The molecular formula is C25H18F3N7O4. The third-order valence-corrected chi connectivity index (χ3v) is 6.05.